The van der Waals surface area contributed by atoms with Gasteiger partial charge < -0.3 is 14.6 Å². The van der Waals surface area contributed by atoms with Crippen molar-refractivity contribution in [3.8, 4) is 11.5 Å². The number of benzene rings is 1. The zero-order chi connectivity index (χ0) is 13.1. The van der Waals surface area contributed by atoms with Gasteiger partial charge in [0.15, 0.2) is 11.5 Å². The van der Waals surface area contributed by atoms with Crippen LogP contribution in [0.25, 0.3) is 0 Å². The van der Waals surface area contributed by atoms with E-state index >= 15 is 0 Å². The van der Waals surface area contributed by atoms with Crippen molar-refractivity contribution >= 4 is 17.6 Å². The summed E-state index contributed by atoms with van der Waals surface area (Å²) in [6.45, 7) is 2.81. The Kier molecular flexibility index (Phi) is 3.97. The lowest BCUT2D eigenvalue weighted by Crippen LogP contribution is -2.13. The molecular weight excluding hydrogens is 256 g/mol. The largest absolute Gasteiger partial charge is 0.490 e. The molecule has 0 saturated heterocycles. The Labute approximate surface area is 110 Å². The number of halogens is 1. The lowest BCUT2D eigenvalue weighted by molar-refractivity contribution is -0.141. The molecule has 0 saturated carbocycles. The molecule has 2 rings (SSSR count). The number of aliphatic carboxylic acids is 1. The average molecular weight is 271 g/mol. The van der Waals surface area contributed by atoms with Crippen molar-refractivity contribution in [2.75, 3.05) is 13.2 Å². The van der Waals surface area contributed by atoms with E-state index in [-0.39, 0.29) is 0 Å². The standard InChI is InChI=1S/C13H15ClO4/c1-8(13(15)16)7-9-10(14)3-4-11-12(9)18-6-2-5-17-11/h3-4,8H,2,5-7H2,1H3,(H,15,16). The zero-order valence-electron chi connectivity index (χ0n) is 10.1. The highest BCUT2D eigenvalue weighted by atomic mass is 35.5. The quantitative estimate of drug-likeness (QED) is 0.918. The van der Waals surface area contributed by atoms with Crippen LogP contribution in [0.4, 0.5) is 0 Å². The molecule has 18 heavy (non-hydrogen) atoms. The van der Waals surface area contributed by atoms with E-state index in [9.17, 15) is 4.79 Å². The number of carboxylic acids is 1. The van der Waals surface area contributed by atoms with Crippen molar-refractivity contribution in [1.82, 2.24) is 0 Å². The summed E-state index contributed by atoms with van der Waals surface area (Å²) in [5.74, 6) is -0.128. The molecular formula is C13H15ClO4. The summed E-state index contributed by atoms with van der Waals surface area (Å²) < 4.78 is 11.2. The van der Waals surface area contributed by atoms with Gasteiger partial charge in [-0.1, -0.05) is 18.5 Å². The summed E-state index contributed by atoms with van der Waals surface area (Å²) in [5, 5.41) is 9.50. The third kappa shape index (κ3) is 2.70. The van der Waals surface area contributed by atoms with Gasteiger partial charge in [-0.05, 0) is 18.6 Å². The highest BCUT2D eigenvalue weighted by Gasteiger charge is 2.21. The molecule has 0 amide bonds. The molecule has 1 N–H and O–H groups in total. The van der Waals surface area contributed by atoms with Crippen molar-refractivity contribution in [2.45, 2.75) is 19.8 Å². The van der Waals surface area contributed by atoms with Crippen LogP contribution in [0, 0.1) is 5.92 Å². The lowest BCUT2D eigenvalue weighted by Gasteiger charge is -2.15. The van der Waals surface area contributed by atoms with E-state index in [1.807, 2.05) is 0 Å². The Morgan fingerprint density at radius 2 is 2.17 bits per heavy atom. The molecule has 4 nitrogen and oxygen atoms in total. The van der Waals surface area contributed by atoms with Crippen molar-refractivity contribution in [3.05, 3.63) is 22.7 Å². The van der Waals surface area contributed by atoms with Gasteiger partial charge in [-0.25, -0.2) is 0 Å². The van der Waals surface area contributed by atoms with Crippen LogP contribution in [0.1, 0.15) is 18.9 Å². The van der Waals surface area contributed by atoms with Gasteiger partial charge in [0.25, 0.3) is 0 Å². The minimum Gasteiger partial charge on any atom is -0.490 e. The number of fused-ring (bicyclic) bond motifs is 1. The zero-order valence-corrected chi connectivity index (χ0v) is 10.9. The smallest absolute Gasteiger partial charge is 0.306 e. The average Bonchev–Trinajstić information content (AvgIpc) is 2.57. The molecule has 0 fully saturated rings. The van der Waals surface area contributed by atoms with E-state index < -0.39 is 11.9 Å². The highest BCUT2D eigenvalue weighted by Crippen LogP contribution is 2.38. The van der Waals surface area contributed by atoms with E-state index in [1.165, 1.54) is 0 Å². The van der Waals surface area contributed by atoms with Gasteiger partial charge in [-0.15, -0.1) is 0 Å². The van der Waals surface area contributed by atoms with Crippen molar-refractivity contribution < 1.29 is 19.4 Å². The molecule has 1 heterocycles. The van der Waals surface area contributed by atoms with Crippen LogP contribution in [0.2, 0.25) is 5.02 Å². The van der Waals surface area contributed by atoms with Crippen LogP contribution in [0.3, 0.4) is 0 Å². The van der Waals surface area contributed by atoms with Gasteiger partial charge in [0, 0.05) is 17.0 Å². The second kappa shape index (κ2) is 5.48. The molecule has 1 aromatic carbocycles. The minimum absolute atomic E-state index is 0.334. The van der Waals surface area contributed by atoms with Crippen LogP contribution in [0.5, 0.6) is 11.5 Å². The first-order valence-corrected chi connectivity index (χ1v) is 6.27. The molecule has 1 atom stereocenters. The molecule has 0 bridgehead atoms. The fourth-order valence-corrected chi connectivity index (χ4v) is 2.08. The first-order chi connectivity index (χ1) is 8.59. The predicted molar refractivity (Wildman–Crippen MR) is 67.6 cm³/mol. The second-order valence-corrected chi connectivity index (χ2v) is 4.75. The van der Waals surface area contributed by atoms with Crippen molar-refractivity contribution in [2.24, 2.45) is 5.92 Å². The van der Waals surface area contributed by atoms with Crippen LogP contribution < -0.4 is 9.47 Å². The summed E-state index contributed by atoms with van der Waals surface area (Å²) in [6, 6.07) is 3.48. The van der Waals surface area contributed by atoms with Crippen molar-refractivity contribution in [1.29, 1.82) is 0 Å². The molecule has 0 aromatic heterocycles. The third-order valence-electron chi connectivity index (χ3n) is 2.89. The Morgan fingerprint density at radius 3 is 2.89 bits per heavy atom. The Bertz CT molecular complexity index is 459. The highest BCUT2D eigenvalue weighted by molar-refractivity contribution is 6.31. The Balaban J connectivity index is 2.35. The molecule has 1 unspecified atom stereocenters. The Morgan fingerprint density at radius 1 is 1.44 bits per heavy atom. The van der Waals surface area contributed by atoms with Crippen LogP contribution in [0.15, 0.2) is 12.1 Å². The van der Waals surface area contributed by atoms with E-state index in [1.54, 1.807) is 19.1 Å². The normalized spacial score (nSPS) is 15.9. The number of rotatable bonds is 3. The summed E-state index contributed by atoms with van der Waals surface area (Å²) in [4.78, 5) is 10.9. The number of carboxylic acid groups (broad SMARTS) is 1. The molecule has 5 heteroatoms. The van der Waals surface area contributed by atoms with E-state index in [0.717, 1.165) is 6.42 Å². The van der Waals surface area contributed by atoms with E-state index in [2.05, 4.69) is 0 Å². The molecule has 0 spiro atoms. The number of hydrogen-bond acceptors (Lipinski definition) is 3. The molecule has 1 aliphatic heterocycles. The van der Waals surface area contributed by atoms with E-state index in [0.29, 0.717) is 41.7 Å². The number of hydrogen-bond donors (Lipinski definition) is 1. The Hall–Kier alpha value is -1.42. The first kappa shape index (κ1) is 13.0. The first-order valence-electron chi connectivity index (χ1n) is 5.89. The second-order valence-electron chi connectivity index (χ2n) is 4.35. The van der Waals surface area contributed by atoms with Gasteiger partial charge in [-0.3, -0.25) is 4.79 Å². The van der Waals surface area contributed by atoms with E-state index in [4.69, 9.17) is 26.2 Å². The van der Waals surface area contributed by atoms with Gasteiger partial charge in [0.1, 0.15) is 0 Å². The SMILES string of the molecule is CC(Cc1c(Cl)ccc2c1OCCCO2)C(=O)O. The fraction of sp³-hybridized carbons (Fsp3) is 0.462. The predicted octanol–water partition coefficient (Wildman–Crippen LogP) is 2.76. The molecule has 1 aliphatic rings. The molecule has 98 valence electrons. The monoisotopic (exact) mass is 270 g/mol. The van der Waals surface area contributed by atoms with Crippen LogP contribution in [-0.4, -0.2) is 24.3 Å². The number of carbonyl (C=O) groups is 1. The van der Waals surface area contributed by atoms with Gasteiger partial charge in [-0.2, -0.15) is 0 Å². The fourth-order valence-electron chi connectivity index (χ4n) is 1.85. The summed E-state index contributed by atoms with van der Waals surface area (Å²) in [5.41, 5.74) is 0.714. The maximum atomic E-state index is 10.9. The lowest BCUT2D eigenvalue weighted by atomic mass is 10.00. The van der Waals surface area contributed by atoms with Gasteiger partial charge >= 0.3 is 5.97 Å². The van der Waals surface area contributed by atoms with Crippen LogP contribution in [-0.2, 0) is 11.2 Å². The minimum atomic E-state index is -0.849. The summed E-state index contributed by atoms with van der Waals surface area (Å²) in [7, 11) is 0. The number of ether oxygens (including phenoxy) is 2. The molecule has 0 aliphatic carbocycles. The maximum Gasteiger partial charge on any atom is 0.306 e. The topological polar surface area (TPSA) is 55.8 Å². The molecule has 0 radical (unpaired) electrons. The molecule has 1 aromatic rings. The van der Waals surface area contributed by atoms with Crippen molar-refractivity contribution in [3.63, 3.8) is 0 Å². The third-order valence-corrected chi connectivity index (χ3v) is 3.25. The summed E-state index contributed by atoms with van der Waals surface area (Å²) >= 11 is 6.13. The maximum absolute atomic E-state index is 10.9. The van der Waals surface area contributed by atoms with Gasteiger partial charge in [0.2, 0.25) is 0 Å². The van der Waals surface area contributed by atoms with Crippen LogP contribution >= 0.6 is 11.6 Å². The van der Waals surface area contributed by atoms with Gasteiger partial charge in [0.05, 0.1) is 19.1 Å². The summed E-state index contributed by atoms with van der Waals surface area (Å²) in [6.07, 6.45) is 1.14.